The second-order valence-electron chi connectivity index (χ2n) is 4.81. The molecule has 8 nitrogen and oxygen atoms in total. The molecular weight excluding hydrogens is 321 g/mol. The maximum absolute atomic E-state index is 13.2. The highest BCUT2D eigenvalue weighted by molar-refractivity contribution is 5.97. The minimum atomic E-state index is -0.695. The predicted octanol–water partition coefficient (Wildman–Crippen LogP) is 1.15. The minimum Gasteiger partial charge on any atom is -0.733 e. The molecule has 2 aromatic carbocycles. The number of rotatable bonds is 5. The Balaban J connectivity index is 1.79. The van der Waals surface area contributed by atoms with Gasteiger partial charge in [0.05, 0.1) is 16.4 Å². The smallest absolute Gasteiger partial charge is 0.368 e. The highest BCUT2D eigenvalue weighted by atomic mass is 19.1. The molecule has 0 unspecified atom stereocenters. The number of urea groups is 1. The number of amides is 2. The first-order chi connectivity index (χ1) is 11.4. The molecule has 2 amide bonds. The van der Waals surface area contributed by atoms with Crippen LogP contribution in [-0.2, 0) is 0 Å². The van der Waals surface area contributed by atoms with Crippen LogP contribution in [0.3, 0.4) is 0 Å². The molecule has 1 N–H and O–H groups in total. The van der Waals surface area contributed by atoms with Gasteiger partial charge in [-0.05, 0) is 30.3 Å². The molecular formula is C15H9FN3O5-. The first-order valence-corrected chi connectivity index (χ1v) is 6.67. The van der Waals surface area contributed by atoms with Crippen molar-refractivity contribution in [1.29, 1.82) is 0 Å². The Hall–Kier alpha value is -3.17. The van der Waals surface area contributed by atoms with Gasteiger partial charge in [0, 0.05) is 11.6 Å². The number of carbonyl (C=O) groups excluding carboxylic acids is 2. The molecule has 3 rings (SSSR count). The van der Waals surface area contributed by atoms with Crippen LogP contribution in [0.1, 0.15) is 10.4 Å². The quantitative estimate of drug-likeness (QED) is 0.650. The van der Waals surface area contributed by atoms with Crippen LogP contribution < -0.4 is 20.7 Å². The van der Waals surface area contributed by atoms with Gasteiger partial charge in [0.15, 0.2) is 12.4 Å². The van der Waals surface area contributed by atoms with Crippen molar-refractivity contribution >= 4 is 17.5 Å². The molecule has 0 radical (unpaired) electrons. The summed E-state index contributed by atoms with van der Waals surface area (Å²) < 4.78 is 18.3. The van der Waals surface area contributed by atoms with E-state index in [4.69, 9.17) is 9.94 Å². The molecule has 24 heavy (non-hydrogen) atoms. The average Bonchev–Trinajstić information content (AvgIpc) is 2.91. The third-order valence-corrected chi connectivity index (χ3v) is 3.22. The van der Waals surface area contributed by atoms with Crippen LogP contribution in [0.4, 0.5) is 14.9 Å². The van der Waals surface area contributed by atoms with E-state index in [0.717, 1.165) is 18.2 Å². The third kappa shape index (κ3) is 3.12. The molecule has 0 saturated heterocycles. The van der Waals surface area contributed by atoms with Crippen LogP contribution in [0, 0.1) is 11.0 Å². The summed E-state index contributed by atoms with van der Waals surface area (Å²) in [4.78, 5) is 30.5. The van der Waals surface area contributed by atoms with Crippen LogP contribution in [0.2, 0.25) is 0 Å². The fourth-order valence-electron chi connectivity index (χ4n) is 2.10. The van der Waals surface area contributed by atoms with Gasteiger partial charge in [0.2, 0.25) is 0 Å². The fraction of sp³-hybridized carbons (Fsp3) is 0.0667. The maximum atomic E-state index is 13.2. The van der Waals surface area contributed by atoms with E-state index in [-0.39, 0.29) is 22.4 Å². The van der Waals surface area contributed by atoms with Crippen LogP contribution in [0.25, 0.3) is 0 Å². The molecule has 9 heteroatoms. The third-order valence-electron chi connectivity index (χ3n) is 3.22. The Morgan fingerprint density at radius 1 is 1.21 bits per heavy atom. The van der Waals surface area contributed by atoms with Crippen molar-refractivity contribution in [2.45, 2.75) is 0 Å². The number of carbonyl (C=O) groups is 2. The van der Waals surface area contributed by atoms with Crippen molar-refractivity contribution in [3.05, 3.63) is 63.7 Å². The van der Waals surface area contributed by atoms with Crippen molar-refractivity contribution < 1.29 is 23.9 Å². The number of ether oxygens (including phenoxy) is 1. The highest BCUT2D eigenvalue weighted by Crippen LogP contribution is 2.27. The van der Waals surface area contributed by atoms with Gasteiger partial charge >= 0.3 is 6.03 Å². The molecule has 0 aromatic heterocycles. The molecule has 1 aliphatic heterocycles. The Bertz CT molecular complexity index is 958. The molecule has 1 heterocycles. The van der Waals surface area contributed by atoms with Gasteiger partial charge in [-0.15, -0.1) is 0 Å². The number of ketones is 1. The lowest BCUT2D eigenvalue weighted by atomic mass is 10.1. The van der Waals surface area contributed by atoms with Crippen molar-refractivity contribution in [3.63, 3.8) is 0 Å². The van der Waals surface area contributed by atoms with Gasteiger partial charge in [-0.25, -0.2) is 9.18 Å². The summed E-state index contributed by atoms with van der Waals surface area (Å²) in [5.74, 6) is -1.46. The van der Waals surface area contributed by atoms with Gasteiger partial charge in [-0.3, -0.25) is 10.0 Å². The molecule has 1 aliphatic rings. The van der Waals surface area contributed by atoms with E-state index >= 15 is 0 Å². The standard InChI is InChI=1S/C15H9FN3O5/c16-9-2-4-12(19(22)23)14(6-9)24-7-13(20)8-1-3-10-11(5-8)18-15(21)17-10/h1-6,22H,7H2/q-1. The summed E-state index contributed by atoms with van der Waals surface area (Å²) in [5, 5.41) is 20.1. The number of halogens is 1. The van der Waals surface area contributed by atoms with Gasteiger partial charge in [0.1, 0.15) is 11.6 Å². The van der Waals surface area contributed by atoms with E-state index < -0.39 is 29.5 Å². The van der Waals surface area contributed by atoms with E-state index in [2.05, 4.69) is 9.98 Å². The largest absolute Gasteiger partial charge is 0.733 e. The van der Waals surface area contributed by atoms with Crippen molar-refractivity contribution in [1.82, 2.24) is 0 Å². The first-order valence-electron chi connectivity index (χ1n) is 6.67. The number of Topliss-reactive ketones (excluding diaryl/α,β-unsaturated/α-hetero) is 1. The summed E-state index contributed by atoms with van der Waals surface area (Å²) in [6.45, 7) is -0.506. The number of fused-ring (bicyclic) bond motifs is 1. The molecule has 0 fully saturated rings. The average molecular weight is 330 g/mol. The summed E-state index contributed by atoms with van der Waals surface area (Å²) in [6.07, 6.45) is 0. The monoisotopic (exact) mass is 330 g/mol. The van der Waals surface area contributed by atoms with Crippen molar-refractivity contribution in [2.24, 2.45) is 9.98 Å². The lowest BCUT2D eigenvalue weighted by Gasteiger charge is -2.24. The Kier molecular flexibility index (Phi) is 4.02. The molecule has 0 aliphatic carbocycles. The zero-order chi connectivity index (χ0) is 17.3. The number of hydrogen-bond donors (Lipinski definition) is 1. The summed E-state index contributed by atoms with van der Waals surface area (Å²) >= 11 is 0. The number of anilines is 1. The maximum Gasteiger partial charge on any atom is 0.368 e. The van der Waals surface area contributed by atoms with Gasteiger partial charge < -0.3 is 15.2 Å². The van der Waals surface area contributed by atoms with Gasteiger partial charge in [0.25, 0.3) is 0 Å². The molecule has 0 spiro atoms. The van der Waals surface area contributed by atoms with Crippen LogP contribution in [0.5, 0.6) is 5.75 Å². The van der Waals surface area contributed by atoms with E-state index in [1.807, 2.05) is 0 Å². The van der Waals surface area contributed by atoms with Crippen LogP contribution in [-0.4, -0.2) is 23.6 Å². The molecule has 2 aromatic rings. The van der Waals surface area contributed by atoms with E-state index in [1.54, 1.807) is 0 Å². The topological polar surface area (TPSA) is 115 Å². The van der Waals surface area contributed by atoms with Crippen molar-refractivity contribution in [3.8, 4) is 5.75 Å². The highest BCUT2D eigenvalue weighted by Gasteiger charge is 2.13. The van der Waals surface area contributed by atoms with Gasteiger partial charge in [-0.1, -0.05) is 0 Å². The predicted molar refractivity (Wildman–Crippen MR) is 78.0 cm³/mol. The van der Waals surface area contributed by atoms with Crippen molar-refractivity contribution in [2.75, 3.05) is 11.8 Å². The molecule has 0 bridgehead atoms. The summed E-state index contributed by atoms with van der Waals surface area (Å²) in [5.41, 5.74) is -0.124. The first kappa shape index (κ1) is 15.7. The van der Waals surface area contributed by atoms with E-state index in [0.29, 0.717) is 5.36 Å². The fourth-order valence-corrected chi connectivity index (χ4v) is 2.10. The normalized spacial score (nSPS) is 12.2. The second-order valence-corrected chi connectivity index (χ2v) is 4.81. The number of nitrogens with zero attached hydrogens (tertiary/aromatic N) is 3. The Morgan fingerprint density at radius 3 is 2.71 bits per heavy atom. The Labute approximate surface area is 133 Å². The SMILES string of the molecule is O=C1N=c2ccc(C(=O)COc3cc(F)ccc3N([O-])O)cc2=N1. The molecule has 0 atom stereocenters. The zero-order valence-electron chi connectivity index (χ0n) is 12.0. The van der Waals surface area contributed by atoms with Crippen LogP contribution in [0.15, 0.2) is 46.4 Å². The van der Waals surface area contributed by atoms with Crippen LogP contribution >= 0.6 is 0 Å². The lowest BCUT2D eigenvalue weighted by molar-refractivity contribution is 0.0920. The summed E-state index contributed by atoms with van der Waals surface area (Å²) in [6, 6.07) is 6.51. The molecule has 122 valence electrons. The lowest BCUT2D eigenvalue weighted by Crippen LogP contribution is -2.24. The second kappa shape index (κ2) is 6.14. The number of hydrogen-bond acceptors (Lipinski definition) is 6. The number of benzene rings is 2. The molecule has 0 saturated carbocycles. The Morgan fingerprint density at radius 2 is 1.96 bits per heavy atom. The van der Waals surface area contributed by atoms with Gasteiger partial charge in [-0.2, -0.15) is 9.98 Å². The summed E-state index contributed by atoms with van der Waals surface area (Å²) in [7, 11) is 0. The zero-order valence-corrected chi connectivity index (χ0v) is 12.0. The van der Waals surface area contributed by atoms with E-state index in [1.165, 1.54) is 18.2 Å². The minimum absolute atomic E-state index is 0.211. The van der Waals surface area contributed by atoms with E-state index in [9.17, 15) is 19.2 Å².